The number of aliphatic hydroxyl groups excluding tert-OH is 1. The fraction of sp³-hybridized carbons (Fsp3) is 0.143. The van der Waals surface area contributed by atoms with Crippen molar-refractivity contribution >= 4 is 11.6 Å². The van der Waals surface area contributed by atoms with Gasteiger partial charge in [0.25, 0.3) is 5.91 Å². The van der Waals surface area contributed by atoms with E-state index in [1.165, 1.54) is 0 Å². The number of rotatable bonds is 4. The summed E-state index contributed by atoms with van der Waals surface area (Å²) in [5.74, 6) is 1.29. The number of carbonyl (C=O) groups excluding carboxylic acids is 1. The number of hydrogen-bond donors (Lipinski definition) is 2. The fourth-order valence-electron chi connectivity index (χ4n) is 2.90. The topological polar surface area (TPSA) is 80.7 Å². The van der Waals surface area contributed by atoms with Gasteiger partial charge in [-0.25, -0.2) is 4.98 Å². The fourth-order valence-corrected chi connectivity index (χ4v) is 2.90. The van der Waals surface area contributed by atoms with Gasteiger partial charge in [-0.2, -0.15) is 0 Å². The van der Waals surface area contributed by atoms with Crippen molar-refractivity contribution in [1.29, 1.82) is 0 Å². The van der Waals surface area contributed by atoms with Crippen molar-refractivity contribution in [1.82, 2.24) is 4.98 Å². The highest BCUT2D eigenvalue weighted by atomic mass is 16.5. The third kappa shape index (κ3) is 3.47. The van der Waals surface area contributed by atoms with Crippen molar-refractivity contribution in [3.63, 3.8) is 0 Å². The predicted molar refractivity (Wildman–Crippen MR) is 101 cm³/mol. The molecule has 2 aromatic carbocycles. The lowest BCUT2D eigenvalue weighted by atomic mass is 10.1. The molecule has 1 amide bonds. The number of aryl methyl sites for hydroxylation is 1. The van der Waals surface area contributed by atoms with Gasteiger partial charge in [0.2, 0.25) is 5.88 Å². The Morgan fingerprint density at radius 3 is 2.81 bits per heavy atom. The van der Waals surface area contributed by atoms with Crippen LogP contribution in [-0.4, -0.2) is 29.2 Å². The summed E-state index contributed by atoms with van der Waals surface area (Å²) in [5.41, 5.74) is 3.55. The molecule has 0 atom stereocenters. The minimum atomic E-state index is -0.233. The van der Waals surface area contributed by atoms with Crippen LogP contribution in [0.1, 0.15) is 15.9 Å². The molecule has 0 fully saturated rings. The zero-order valence-corrected chi connectivity index (χ0v) is 14.7. The molecule has 6 nitrogen and oxygen atoms in total. The Bertz CT molecular complexity index is 1020. The lowest BCUT2D eigenvalue weighted by Crippen LogP contribution is -2.10. The second kappa shape index (κ2) is 7.09. The molecule has 1 aliphatic heterocycles. The van der Waals surface area contributed by atoms with Crippen LogP contribution >= 0.6 is 0 Å². The number of carbonyl (C=O) groups is 1. The molecule has 4 rings (SSSR count). The van der Waals surface area contributed by atoms with Gasteiger partial charge in [-0.3, -0.25) is 4.79 Å². The van der Waals surface area contributed by atoms with E-state index in [0.717, 1.165) is 11.1 Å². The highest BCUT2D eigenvalue weighted by Gasteiger charge is 2.21. The van der Waals surface area contributed by atoms with E-state index in [9.17, 15) is 4.79 Å². The lowest BCUT2D eigenvalue weighted by Gasteiger charge is -2.10. The summed E-state index contributed by atoms with van der Waals surface area (Å²) in [6.45, 7) is 2.05. The molecule has 0 unspecified atom stereocenters. The van der Waals surface area contributed by atoms with Crippen molar-refractivity contribution < 1.29 is 19.4 Å². The molecule has 0 saturated carbocycles. The number of hydrogen-bond acceptors (Lipinski definition) is 5. The third-order valence-corrected chi connectivity index (χ3v) is 4.19. The van der Waals surface area contributed by atoms with Crippen LogP contribution in [-0.2, 0) is 0 Å². The van der Waals surface area contributed by atoms with E-state index in [1.54, 1.807) is 18.2 Å². The van der Waals surface area contributed by atoms with Gasteiger partial charge in [-0.15, -0.1) is 0 Å². The normalized spacial score (nSPS) is 12.3. The highest BCUT2D eigenvalue weighted by Crippen LogP contribution is 2.37. The van der Waals surface area contributed by atoms with Crippen molar-refractivity contribution in [3.8, 4) is 28.6 Å². The molecule has 6 heteroatoms. The second-order valence-electron chi connectivity index (χ2n) is 6.20. The Hall–Kier alpha value is -3.38. The standard InChI is InChI=1S/C21H18N2O4/c1-13-5-7-19-17(11-13)23-21(25)15-12-14(6-8-18(15)27-19)16-3-2-4-20(22-16)26-10-9-24/h2-8,11-12,24H,9-10H2,1H3,(H,23,25). The first-order valence-corrected chi connectivity index (χ1v) is 8.59. The molecule has 1 aromatic heterocycles. The minimum Gasteiger partial charge on any atom is -0.475 e. The highest BCUT2D eigenvalue weighted by molar-refractivity contribution is 6.08. The van der Waals surface area contributed by atoms with Gasteiger partial charge in [0, 0.05) is 11.6 Å². The summed E-state index contributed by atoms with van der Waals surface area (Å²) in [6.07, 6.45) is 0. The van der Waals surface area contributed by atoms with Crippen molar-refractivity contribution in [2.45, 2.75) is 6.92 Å². The Morgan fingerprint density at radius 1 is 1.11 bits per heavy atom. The number of nitrogens with one attached hydrogen (secondary N) is 1. The maximum atomic E-state index is 12.7. The number of benzene rings is 2. The molecule has 136 valence electrons. The van der Waals surface area contributed by atoms with Gasteiger partial charge in [-0.1, -0.05) is 12.1 Å². The first-order valence-electron chi connectivity index (χ1n) is 8.59. The van der Waals surface area contributed by atoms with E-state index in [1.807, 2.05) is 43.3 Å². The van der Waals surface area contributed by atoms with Crippen LogP contribution in [0.3, 0.4) is 0 Å². The number of pyridine rings is 1. The van der Waals surface area contributed by atoms with E-state index in [2.05, 4.69) is 10.3 Å². The summed E-state index contributed by atoms with van der Waals surface area (Å²) in [7, 11) is 0. The Labute approximate surface area is 156 Å². The quantitative estimate of drug-likeness (QED) is 0.738. The zero-order valence-electron chi connectivity index (χ0n) is 14.7. The number of amides is 1. The van der Waals surface area contributed by atoms with Crippen LogP contribution in [0.2, 0.25) is 0 Å². The average Bonchev–Trinajstić information content (AvgIpc) is 2.82. The number of anilines is 1. The summed E-state index contributed by atoms with van der Waals surface area (Å²) in [6, 6.07) is 16.4. The van der Waals surface area contributed by atoms with Crippen LogP contribution in [0, 0.1) is 6.92 Å². The molecule has 0 aliphatic carbocycles. The minimum absolute atomic E-state index is 0.0811. The molecule has 0 spiro atoms. The largest absolute Gasteiger partial charge is 0.475 e. The van der Waals surface area contributed by atoms with E-state index in [0.29, 0.717) is 34.3 Å². The Morgan fingerprint density at radius 2 is 1.96 bits per heavy atom. The Kier molecular flexibility index (Phi) is 4.48. The monoisotopic (exact) mass is 362 g/mol. The number of aromatic nitrogens is 1. The van der Waals surface area contributed by atoms with Crippen LogP contribution in [0.25, 0.3) is 11.3 Å². The van der Waals surface area contributed by atoms with Crippen molar-refractivity contribution in [3.05, 3.63) is 65.7 Å². The molecule has 2 heterocycles. The molecule has 3 aromatic rings. The first-order chi connectivity index (χ1) is 13.1. The van der Waals surface area contributed by atoms with Crippen LogP contribution in [0.4, 0.5) is 5.69 Å². The number of fused-ring (bicyclic) bond motifs is 2. The maximum absolute atomic E-state index is 12.7. The number of nitrogens with zero attached hydrogens (tertiary/aromatic N) is 1. The third-order valence-electron chi connectivity index (χ3n) is 4.19. The molecule has 2 N–H and O–H groups in total. The van der Waals surface area contributed by atoms with E-state index < -0.39 is 0 Å². The Balaban J connectivity index is 1.70. The zero-order chi connectivity index (χ0) is 18.8. The molecule has 1 aliphatic rings. The molecule has 0 radical (unpaired) electrons. The van der Waals surface area contributed by atoms with Gasteiger partial charge in [0.15, 0.2) is 5.75 Å². The van der Waals surface area contributed by atoms with Gasteiger partial charge >= 0.3 is 0 Å². The van der Waals surface area contributed by atoms with Crippen molar-refractivity contribution in [2.24, 2.45) is 0 Å². The smallest absolute Gasteiger partial charge is 0.259 e. The number of aliphatic hydroxyl groups is 1. The second-order valence-corrected chi connectivity index (χ2v) is 6.20. The average molecular weight is 362 g/mol. The molecular formula is C21H18N2O4. The SMILES string of the molecule is Cc1ccc2c(c1)NC(=O)c1cc(-c3cccc(OCCO)n3)ccc1O2. The summed E-state index contributed by atoms with van der Waals surface area (Å²) >= 11 is 0. The molecule has 0 bridgehead atoms. The van der Waals surface area contributed by atoms with Crippen LogP contribution < -0.4 is 14.8 Å². The van der Waals surface area contributed by atoms with E-state index >= 15 is 0 Å². The van der Waals surface area contributed by atoms with E-state index in [-0.39, 0.29) is 19.1 Å². The van der Waals surface area contributed by atoms with Crippen molar-refractivity contribution in [2.75, 3.05) is 18.5 Å². The first kappa shape index (κ1) is 17.1. The summed E-state index contributed by atoms with van der Waals surface area (Å²) in [5, 5.41) is 11.8. The molecular weight excluding hydrogens is 344 g/mol. The molecule has 0 saturated heterocycles. The van der Waals surface area contributed by atoms with Crippen LogP contribution in [0.5, 0.6) is 17.4 Å². The van der Waals surface area contributed by atoms with Gasteiger partial charge in [-0.05, 0) is 48.9 Å². The van der Waals surface area contributed by atoms with E-state index in [4.69, 9.17) is 14.6 Å². The number of ether oxygens (including phenoxy) is 2. The summed E-state index contributed by atoms with van der Waals surface area (Å²) in [4.78, 5) is 17.1. The van der Waals surface area contributed by atoms with Gasteiger partial charge in [0.05, 0.1) is 23.6 Å². The van der Waals surface area contributed by atoms with Crippen LogP contribution in [0.15, 0.2) is 54.6 Å². The predicted octanol–water partition coefficient (Wildman–Crippen LogP) is 3.79. The molecule has 27 heavy (non-hydrogen) atoms. The van der Waals surface area contributed by atoms with Gasteiger partial charge in [0.1, 0.15) is 12.4 Å². The summed E-state index contributed by atoms with van der Waals surface area (Å²) < 4.78 is 11.3. The van der Waals surface area contributed by atoms with Gasteiger partial charge < -0.3 is 19.9 Å². The maximum Gasteiger partial charge on any atom is 0.259 e. The lowest BCUT2D eigenvalue weighted by molar-refractivity contribution is 0.102.